The molecule has 3 nitrogen and oxygen atoms in total. The Balaban J connectivity index is 2.08. The Morgan fingerprint density at radius 2 is 1.82 bits per heavy atom. The zero-order valence-corrected chi connectivity index (χ0v) is 11.3. The first kappa shape index (κ1) is 13.0. The molecule has 1 saturated heterocycles. The summed E-state index contributed by atoms with van der Waals surface area (Å²) in [4.78, 5) is 4.59. The summed E-state index contributed by atoms with van der Waals surface area (Å²) in [6, 6.07) is 3.34. The van der Waals surface area contributed by atoms with E-state index in [-0.39, 0.29) is 5.75 Å². The molecule has 0 saturated carbocycles. The van der Waals surface area contributed by atoms with E-state index in [9.17, 15) is 5.11 Å². The molecule has 1 aromatic carbocycles. The fraction of sp³-hybridized carbons (Fsp3) is 0.500. The van der Waals surface area contributed by atoms with Gasteiger partial charge in [0.1, 0.15) is 5.75 Å². The van der Waals surface area contributed by atoms with Crippen LogP contribution in [0.5, 0.6) is 5.75 Å². The zero-order valence-electron chi connectivity index (χ0n) is 9.79. The van der Waals surface area contributed by atoms with Crippen LogP contribution in [0, 0.1) is 0 Å². The van der Waals surface area contributed by atoms with Crippen molar-refractivity contribution in [1.82, 2.24) is 9.80 Å². The molecule has 0 aromatic heterocycles. The van der Waals surface area contributed by atoms with Crippen molar-refractivity contribution in [2.75, 3.05) is 33.2 Å². The molecule has 0 bridgehead atoms. The number of phenols is 1. The summed E-state index contributed by atoms with van der Waals surface area (Å²) in [5.41, 5.74) is 0.798. The van der Waals surface area contributed by atoms with Gasteiger partial charge in [-0.15, -0.1) is 0 Å². The van der Waals surface area contributed by atoms with E-state index in [0.29, 0.717) is 16.6 Å². The average Bonchev–Trinajstić information content (AvgIpc) is 2.28. The molecule has 94 valence electrons. The predicted molar refractivity (Wildman–Crippen MR) is 70.9 cm³/mol. The second-order valence-corrected chi connectivity index (χ2v) is 5.32. The maximum absolute atomic E-state index is 9.88. The molecule has 1 aromatic rings. The van der Waals surface area contributed by atoms with Crippen LogP contribution in [0.1, 0.15) is 5.56 Å². The minimum Gasteiger partial charge on any atom is -0.506 e. The van der Waals surface area contributed by atoms with Crippen molar-refractivity contribution in [3.63, 3.8) is 0 Å². The van der Waals surface area contributed by atoms with E-state index in [0.717, 1.165) is 31.7 Å². The maximum Gasteiger partial charge on any atom is 0.138 e. The molecule has 17 heavy (non-hydrogen) atoms. The van der Waals surface area contributed by atoms with Crippen LogP contribution < -0.4 is 0 Å². The first-order valence-electron chi connectivity index (χ1n) is 5.64. The summed E-state index contributed by atoms with van der Waals surface area (Å²) in [7, 11) is 2.12. The summed E-state index contributed by atoms with van der Waals surface area (Å²) >= 11 is 11.8. The van der Waals surface area contributed by atoms with Gasteiger partial charge in [0.2, 0.25) is 0 Å². The van der Waals surface area contributed by atoms with Gasteiger partial charge in [0.25, 0.3) is 0 Å². The summed E-state index contributed by atoms with van der Waals surface area (Å²) in [6.07, 6.45) is 0. The lowest BCUT2D eigenvalue weighted by atomic mass is 10.1. The average molecular weight is 275 g/mol. The summed E-state index contributed by atoms with van der Waals surface area (Å²) in [6.45, 7) is 4.80. The Hall–Kier alpha value is -0.480. The second kappa shape index (κ2) is 5.44. The van der Waals surface area contributed by atoms with Gasteiger partial charge in [0.15, 0.2) is 0 Å². The van der Waals surface area contributed by atoms with E-state index >= 15 is 0 Å². The highest BCUT2D eigenvalue weighted by Gasteiger charge is 2.16. The molecule has 2 rings (SSSR count). The number of likely N-dealkylation sites (N-methyl/N-ethyl adjacent to an activating group) is 1. The molecule has 0 amide bonds. The summed E-state index contributed by atoms with van der Waals surface area (Å²) in [5.74, 6) is 0.148. The second-order valence-electron chi connectivity index (χ2n) is 4.47. The van der Waals surface area contributed by atoms with Crippen molar-refractivity contribution in [2.45, 2.75) is 6.54 Å². The van der Waals surface area contributed by atoms with Crippen molar-refractivity contribution in [1.29, 1.82) is 0 Å². The molecule has 5 heteroatoms. The van der Waals surface area contributed by atoms with Crippen molar-refractivity contribution < 1.29 is 5.11 Å². The zero-order chi connectivity index (χ0) is 12.4. The minimum atomic E-state index is 0.148. The van der Waals surface area contributed by atoms with Crippen LogP contribution in [0.15, 0.2) is 12.1 Å². The fourth-order valence-corrected chi connectivity index (χ4v) is 2.52. The van der Waals surface area contributed by atoms with E-state index in [2.05, 4.69) is 16.8 Å². The van der Waals surface area contributed by atoms with E-state index in [4.69, 9.17) is 23.2 Å². The van der Waals surface area contributed by atoms with Crippen LogP contribution in [0.25, 0.3) is 0 Å². The van der Waals surface area contributed by atoms with Crippen LogP contribution in [-0.2, 0) is 6.54 Å². The van der Waals surface area contributed by atoms with Gasteiger partial charge in [-0.25, -0.2) is 0 Å². The van der Waals surface area contributed by atoms with Gasteiger partial charge in [0, 0.05) is 43.3 Å². The van der Waals surface area contributed by atoms with Gasteiger partial charge in [-0.3, -0.25) is 4.90 Å². The Morgan fingerprint density at radius 1 is 1.18 bits per heavy atom. The molecule has 1 aliphatic heterocycles. The lowest BCUT2D eigenvalue weighted by molar-refractivity contribution is 0.147. The smallest absolute Gasteiger partial charge is 0.138 e. The molecule has 0 aliphatic carbocycles. The molecule has 1 fully saturated rings. The van der Waals surface area contributed by atoms with Crippen LogP contribution in [0.3, 0.4) is 0 Å². The minimum absolute atomic E-state index is 0.148. The number of hydrogen-bond acceptors (Lipinski definition) is 3. The Labute approximate surface area is 112 Å². The SMILES string of the molecule is CN1CCN(Cc2cc(Cl)cc(Cl)c2O)CC1. The van der Waals surface area contributed by atoms with Gasteiger partial charge in [-0.2, -0.15) is 0 Å². The van der Waals surface area contributed by atoms with E-state index in [1.165, 1.54) is 0 Å². The Kier molecular flexibility index (Phi) is 4.15. The molecule has 0 radical (unpaired) electrons. The highest BCUT2D eigenvalue weighted by atomic mass is 35.5. The van der Waals surface area contributed by atoms with E-state index < -0.39 is 0 Å². The van der Waals surface area contributed by atoms with Crippen molar-refractivity contribution in [3.8, 4) is 5.75 Å². The topological polar surface area (TPSA) is 26.7 Å². The first-order chi connectivity index (χ1) is 8.06. The standard InChI is InChI=1S/C12H16Cl2N2O/c1-15-2-4-16(5-3-15)8-9-6-10(13)7-11(14)12(9)17/h6-7,17H,2-5,8H2,1H3. The molecule has 1 N–H and O–H groups in total. The number of rotatable bonds is 2. The molecular formula is C12H16Cl2N2O. The molecule has 0 unspecified atom stereocenters. The van der Waals surface area contributed by atoms with E-state index in [1.54, 1.807) is 12.1 Å². The highest BCUT2D eigenvalue weighted by molar-refractivity contribution is 6.35. The third-order valence-electron chi connectivity index (χ3n) is 3.10. The van der Waals surface area contributed by atoms with Crippen LogP contribution in [-0.4, -0.2) is 48.1 Å². The largest absolute Gasteiger partial charge is 0.506 e. The van der Waals surface area contributed by atoms with Crippen molar-refractivity contribution in [3.05, 3.63) is 27.7 Å². The fourth-order valence-electron chi connectivity index (χ4n) is 1.99. The number of halogens is 2. The normalized spacial score (nSPS) is 18.5. The number of phenolic OH excluding ortho intramolecular Hbond substituents is 1. The van der Waals surface area contributed by atoms with Crippen molar-refractivity contribution >= 4 is 23.2 Å². The lowest BCUT2D eigenvalue weighted by Gasteiger charge is -2.32. The monoisotopic (exact) mass is 274 g/mol. The number of nitrogens with zero attached hydrogens (tertiary/aromatic N) is 2. The Bertz CT molecular complexity index is 404. The third kappa shape index (κ3) is 3.26. The quantitative estimate of drug-likeness (QED) is 0.898. The summed E-state index contributed by atoms with van der Waals surface area (Å²) in [5, 5.41) is 10.8. The molecule has 0 spiro atoms. The number of hydrogen-bond donors (Lipinski definition) is 1. The van der Waals surface area contributed by atoms with E-state index in [1.807, 2.05) is 0 Å². The summed E-state index contributed by atoms with van der Waals surface area (Å²) < 4.78 is 0. The van der Waals surface area contributed by atoms with Gasteiger partial charge in [-0.05, 0) is 19.2 Å². The molecule has 1 heterocycles. The highest BCUT2D eigenvalue weighted by Crippen LogP contribution is 2.32. The number of aromatic hydroxyl groups is 1. The maximum atomic E-state index is 9.88. The molecule has 0 atom stereocenters. The lowest BCUT2D eigenvalue weighted by Crippen LogP contribution is -2.43. The predicted octanol–water partition coefficient (Wildman–Crippen LogP) is 2.45. The first-order valence-corrected chi connectivity index (χ1v) is 6.39. The number of benzene rings is 1. The Morgan fingerprint density at radius 3 is 2.47 bits per heavy atom. The van der Waals surface area contributed by atoms with Crippen LogP contribution in [0.2, 0.25) is 10.0 Å². The van der Waals surface area contributed by atoms with Gasteiger partial charge >= 0.3 is 0 Å². The van der Waals surface area contributed by atoms with Crippen LogP contribution in [0.4, 0.5) is 0 Å². The van der Waals surface area contributed by atoms with Crippen LogP contribution >= 0.6 is 23.2 Å². The van der Waals surface area contributed by atoms with Gasteiger partial charge in [-0.1, -0.05) is 23.2 Å². The molecular weight excluding hydrogens is 259 g/mol. The van der Waals surface area contributed by atoms with Crippen molar-refractivity contribution in [2.24, 2.45) is 0 Å². The number of piperazine rings is 1. The molecule has 1 aliphatic rings. The van der Waals surface area contributed by atoms with Gasteiger partial charge in [0.05, 0.1) is 5.02 Å². The third-order valence-corrected chi connectivity index (χ3v) is 3.60. The van der Waals surface area contributed by atoms with Gasteiger partial charge < -0.3 is 10.0 Å².